The van der Waals surface area contributed by atoms with Crippen LogP contribution < -0.4 is 10.5 Å². The number of benzene rings is 1. The van der Waals surface area contributed by atoms with Crippen molar-refractivity contribution in [2.45, 2.75) is 24.2 Å². The van der Waals surface area contributed by atoms with Gasteiger partial charge in [0.15, 0.2) is 0 Å². The molecule has 104 valence electrons. The fraction of sp³-hybridized carbons (Fsp3) is 0.455. The Morgan fingerprint density at radius 3 is 2.84 bits per heavy atom. The summed E-state index contributed by atoms with van der Waals surface area (Å²) >= 11 is 0. The second-order valence-corrected chi connectivity index (χ2v) is 6.52. The van der Waals surface area contributed by atoms with Crippen LogP contribution in [0.4, 0.5) is 5.69 Å². The lowest BCUT2D eigenvalue weighted by Gasteiger charge is -2.17. The number of sulfonamides is 1. The molecule has 1 aliphatic rings. The van der Waals surface area contributed by atoms with Crippen molar-refractivity contribution >= 4 is 22.8 Å². The van der Waals surface area contributed by atoms with Crippen molar-refractivity contribution in [3.8, 4) is 0 Å². The first-order valence-electron chi connectivity index (χ1n) is 6.18. The second-order valence-electron chi connectivity index (χ2n) is 4.81. The molecule has 1 saturated heterocycles. The zero-order valence-corrected chi connectivity index (χ0v) is 11.6. The topological polar surface area (TPSA) is 95.7 Å². The largest absolute Gasteiger partial charge is 0.437 e. The van der Waals surface area contributed by atoms with Crippen molar-refractivity contribution in [3.05, 3.63) is 24.3 Å². The highest BCUT2D eigenvalue weighted by molar-refractivity contribution is 7.89. The third-order valence-corrected chi connectivity index (χ3v) is 4.76. The van der Waals surface area contributed by atoms with Crippen LogP contribution >= 0.6 is 0 Å². The van der Waals surface area contributed by atoms with Crippen LogP contribution in [0.25, 0.3) is 0 Å². The summed E-state index contributed by atoms with van der Waals surface area (Å²) in [4.78, 5) is 2.00. The average Bonchev–Trinajstić information content (AvgIpc) is 2.77. The molecule has 2 rings (SSSR count). The van der Waals surface area contributed by atoms with Crippen LogP contribution in [-0.2, 0) is 10.0 Å². The van der Waals surface area contributed by atoms with Gasteiger partial charge in [-0.05, 0) is 38.0 Å². The maximum absolute atomic E-state index is 12.2. The van der Waals surface area contributed by atoms with Crippen LogP contribution in [-0.4, -0.2) is 44.4 Å². The van der Waals surface area contributed by atoms with Crippen LogP contribution in [0.15, 0.2) is 29.2 Å². The number of rotatable bonds is 4. The zero-order valence-electron chi connectivity index (χ0n) is 10.8. The van der Waals surface area contributed by atoms with E-state index in [0.717, 1.165) is 0 Å². The molecule has 1 atom stereocenters. The molecule has 0 amide bonds. The van der Waals surface area contributed by atoms with Crippen LogP contribution in [0.5, 0.6) is 0 Å². The normalized spacial score (nSPS) is 20.6. The lowest BCUT2D eigenvalue weighted by molar-refractivity contribution is 0.417. The van der Waals surface area contributed by atoms with E-state index < -0.39 is 17.1 Å². The molecule has 0 saturated carbocycles. The first kappa shape index (κ1) is 14.3. The fourth-order valence-corrected chi connectivity index (χ4v) is 3.51. The lowest BCUT2D eigenvalue weighted by atomic mass is 9.86. The van der Waals surface area contributed by atoms with Gasteiger partial charge in [-0.15, -0.1) is 0 Å². The minimum Gasteiger partial charge on any atom is -0.437 e. The Morgan fingerprint density at radius 2 is 2.26 bits per heavy atom. The Kier molecular flexibility index (Phi) is 4.15. The summed E-state index contributed by atoms with van der Waals surface area (Å²) in [6.45, 7) is 2.87. The standard InChI is InChI=1S/C11H18BN3O3S/c1-12(16)15-6-5-10(8-15)14-19(17,18)11-4-2-3-9(13)7-11/h2-4,7,10,14,16H,5-6,8,13H2,1H3/t10-/m1/s1. The monoisotopic (exact) mass is 283 g/mol. The third kappa shape index (κ3) is 3.47. The molecular formula is C11H18BN3O3S. The molecular weight excluding hydrogens is 265 g/mol. The van der Waals surface area contributed by atoms with Gasteiger partial charge < -0.3 is 15.6 Å². The van der Waals surface area contributed by atoms with Gasteiger partial charge in [0.25, 0.3) is 0 Å². The molecule has 0 radical (unpaired) electrons. The lowest BCUT2D eigenvalue weighted by Crippen LogP contribution is -2.40. The predicted octanol–water partition coefficient (Wildman–Crippen LogP) is -0.268. The van der Waals surface area contributed by atoms with Crippen molar-refractivity contribution in [2.75, 3.05) is 18.8 Å². The Labute approximate surface area is 113 Å². The molecule has 0 aliphatic carbocycles. The molecule has 1 aliphatic heterocycles. The Balaban J connectivity index is 2.07. The van der Waals surface area contributed by atoms with Crippen LogP contribution in [0.2, 0.25) is 6.82 Å². The number of hydrogen-bond donors (Lipinski definition) is 3. The minimum absolute atomic E-state index is 0.169. The number of nitrogens with zero attached hydrogens (tertiary/aromatic N) is 1. The van der Waals surface area contributed by atoms with Crippen molar-refractivity contribution in [3.63, 3.8) is 0 Å². The van der Waals surface area contributed by atoms with E-state index in [4.69, 9.17) is 5.73 Å². The van der Waals surface area contributed by atoms with Crippen LogP contribution in [0.3, 0.4) is 0 Å². The molecule has 1 fully saturated rings. The van der Waals surface area contributed by atoms with Gasteiger partial charge in [0, 0.05) is 18.3 Å². The quantitative estimate of drug-likeness (QED) is 0.522. The first-order chi connectivity index (χ1) is 8.88. The highest BCUT2D eigenvalue weighted by atomic mass is 32.2. The Hall–Kier alpha value is -1.09. The number of nitrogens with one attached hydrogen (secondary N) is 1. The summed E-state index contributed by atoms with van der Waals surface area (Å²) in [5.41, 5.74) is 6.01. The van der Waals surface area contributed by atoms with E-state index in [1.165, 1.54) is 12.1 Å². The summed E-state index contributed by atoms with van der Waals surface area (Å²) < 4.78 is 27.0. The number of hydrogen-bond acceptors (Lipinski definition) is 5. The maximum Gasteiger partial charge on any atom is 0.376 e. The van der Waals surface area contributed by atoms with E-state index in [1.54, 1.807) is 19.0 Å². The molecule has 1 aromatic rings. The van der Waals surface area contributed by atoms with E-state index >= 15 is 0 Å². The number of anilines is 1. The van der Waals surface area contributed by atoms with Crippen molar-refractivity contribution in [1.29, 1.82) is 0 Å². The molecule has 0 spiro atoms. The van der Waals surface area contributed by atoms with E-state index in [2.05, 4.69) is 4.72 Å². The van der Waals surface area contributed by atoms with Gasteiger partial charge in [-0.1, -0.05) is 6.07 Å². The summed E-state index contributed by atoms with van der Waals surface area (Å²) in [7, 11) is -4.11. The molecule has 19 heavy (non-hydrogen) atoms. The molecule has 1 heterocycles. The fourth-order valence-electron chi connectivity index (χ4n) is 2.19. The molecule has 1 aromatic carbocycles. The smallest absolute Gasteiger partial charge is 0.376 e. The highest BCUT2D eigenvalue weighted by Gasteiger charge is 2.30. The van der Waals surface area contributed by atoms with Gasteiger partial charge >= 0.3 is 7.05 Å². The Bertz CT molecular complexity index is 550. The van der Waals surface area contributed by atoms with Gasteiger partial charge in [0.05, 0.1) is 4.90 Å². The van der Waals surface area contributed by atoms with Crippen LogP contribution in [0, 0.1) is 0 Å². The van der Waals surface area contributed by atoms with E-state index in [1.807, 2.05) is 4.81 Å². The van der Waals surface area contributed by atoms with Crippen LogP contribution in [0.1, 0.15) is 6.42 Å². The highest BCUT2D eigenvalue weighted by Crippen LogP contribution is 2.16. The molecule has 6 nitrogen and oxygen atoms in total. The SMILES string of the molecule is CB(O)N1CC[C@@H](NS(=O)(=O)c2cccc(N)c2)C1. The van der Waals surface area contributed by atoms with Crippen molar-refractivity contribution < 1.29 is 13.4 Å². The third-order valence-electron chi connectivity index (χ3n) is 3.24. The van der Waals surface area contributed by atoms with E-state index in [-0.39, 0.29) is 10.9 Å². The van der Waals surface area contributed by atoms with Crippen molar-refractivity contribution in [2.24, 2.45) is 0 Å². The number of nitrogen functional groups attached to an aromatic ring is 1. The zero-order chi connectivity index (χ0) is 14.0. The molecule has 0 bridgehead atoms. The van der Waals surface area contributed by atoms with Gasteiger partial charge in [-0.2, -0.15) is 0 Å². The predicted molar refractivity (Wildman–Crippen MR) is 75.0 cm³/mol. The summed E-state index contributed by atoms with van der Waals surface area (Å²) in [6, 6.07) is 6.02. The van der Waals surface area contributed by atoms with Gasteiger partial charge in [-0.3, -0.25) is 0 Å². The molecule has 0 unspecified atom stereocenters. The van der Waals surface area contributed by atoms with Crippen molar-refractivity contribution in [1.82, 2.24) is 9.53 Å². The molecule has 8 heteroatoms. The molecule has 0 aromatic heterocycles. The summed E-state index contributed by atoms with van der Waals surface area (Å²) in [5, 5.41) is 9.45. The first-order valence-corrected chi connectivity index (χ1v) is 7.67. The minimum atomic E-state index is -3.55. The second kappa shape index (κ2) is 5.50. The van der Waals surface area contributed by atoms with Gasteiger partial charge in [0.2, 0.25) is 10.0 Å². The summed E-state index contributed by atoms with van der Waals surface area (Å²) in [6.07, 6.45) is 0.687. The van der Waals surface area contributed by atoms with E-state index in [9.17, 15) is 13.4 Å². The summed E-state index contributed by atoms with van der Waals surface area (Å²) in [5.74, 6) is 0. The maximum atomic E-state index is 12.2. The van der Waals surface area contributed by atoms with Gasteiger partial charge in [0.1, 0.15) is 0 Å². The Morgan fingerprint density at radius 1 is 1.53 bits per heavy atom. The van der Waals surface area contributed by atoms with E-state index in [0.29, 0.717) is 25.2 Å². The molecule has 4 N–H and O–H groups in total. The van der Waals surface area contributed by atoms with Gasteiger partial charge in [-0.25, -0.2) is 13.1 Å². The number of nitrogens with two attached hydrogens (primary N) is 1. The average molecular weight is 283 g/mol.